The minimum absolute atomic E-state index is 0.0355. The molecule has 1 heterocycles. The number of fused-ring (bicyclic) bond motifs is 1. The van der Waals surface area contributed by atoms with Crippen LogP contribution in [0.4, 0.5) is 0 Å². The van der Waals surface area contributed by atoms with Crippen LogP contribution in [-0.4, -0.2) is 40.4 Å². The standard InChI is InChI=1S/C12H19NO3/c1-2-8-4-5-9-10(8)12(16)13(11(9)15)6-3-7-14/h2,8-11,14-15H,1,3-7H2. The molecule has 16 heavy (non-hydrogen) atoms. The summed E-state index contributed by atoms with van der Waals surface area (Å²) in [4.78, 5) is 13.6. The largest absolute Gasteiger partial charge is 0.396 e. The first-order valence-corrected chi connectivity index (χ1v) is 5.92. The second kappa shape index (κ2) is 4.55. The lowest BCUT2D eigenvalue weighted by atomic mass is 9.91. The first kappa shape index (κ1) is 11.6. The minimum atomic E-state index is -0.658. The summed E-state index contributed by atoms with van der Waals surface area (Å²) in [6, 6.07) is 0. The van der Waals surface area contributed by atoms with Crippen LogP contribution >= 0.6 is 0 Å². The van der Waals surface area contributed by atoms with Crippen molar-refractivity contribution >= 4 is 5.91 Å². The van der Waals surface area contributed by atoms with Crippen LogP contribution in [-0.2, 0) is 4.79 Å². The molecule has 90 valence electrons. The molecule has 2 rings (SSSR count). The molecule has 0 aromatic rings. The van der Waals surface area contributed by atoms with Crippen LogP contribution in [0.3, 0.4) is 0 Å². The lowest BCUT2D eigenvalue weighted by Gasteiger charge is -2.23. The van der Waals surface area contributed by atoms with Gasteiger partial charge in [0, 0.05) is 19.1 Å². The van der Waals surface area contributed by atoms with E-state index in [1.54, 1.807) is 0 Å². The molecule has 4 atom stereocenters. The molecule has 0 bridgehead atoms. The van der Waals surface area contributed by atoms with Gasteiger partial charge in [-0.2, -0.15) is 0 Å². The van der Waals surface area contributed by atoms with Crippen molar-refractivity contribution in [3.63, 3.8) is 0 Å². The van der Waals surface area contributed by atoms with E-state index in [2.05, 4.69) is 6.58 Å². The molecule has 1 saturated heterocycles. The topological polar surface area (TPSA) is 60.8 Å². The predicted octanol–water partition coefficient (Wildman–Crippen LogP) is 0.358. The van der Waals surface area contributed by atoms with Gasteiger partial charge in [0.05, 0.1) is 5.92 Å². The number of aliphatic hydroxyl groups excluding tert-OH is 2. The van der Waals surface area contributed by atoms with Gasteiger partial charge in [-0.3, -0.25) is 4.79 Å². The van der Waals surface area contributed by atoms with Gasteiger partial charge >= 0.3 is 0 Å². The highest BCUT2D eigenvalue weighted by atomic mass is 16.3. The molecule has 1 saturated carbocycles. The summed E-state index contributed by atoms with van der Waals surface area (Å²) in [6.07, 6.45) is 3.56. The van der Waals surface area contributed by atoms with E-state index in [9.17, 15) is 9.90 Å². The maximum absolute atomic E-state index is 12.1. The van der Waals surface area contributed by atoms with Gasteiger partial charge in [-0.1, -0.05) is 6.08 Å². The number of aliphatic hydroxyl groups is 2. The molecule has 1 amide bonds. The third-order valence-corrected chi connectivity index (χ3v) is 3.89. The summed E-state index contributed by atoms with van der Waals surface area (Å²) >= 11 is 0. The van der Waals surface area contributed by atoms with Crippen LogP contribution in [0.25, 0.3) is 0 Å². The maximum Gasteiger partial charge on any atom is 0.228 e. The van der Waals surface area contributed by atoms with Crippen LogP contribution in [0, 0.1) is 17.8 Å². The monoisotopic (exact) mass is 225 g/mol. The summed E-state index contributed by atoms with van der Waals surface area (Å²) in [7, 11) is 0. The number of rotatable bonds is 4. The average molecular weight is 225 g/mol. The molecule has 1 aliphatic heterocycles. The van der Waals surface area contributed by atoms with E-state index in [1.165, 1.54) is 4.90 Å². The molecule has 4 nitrogen and oxygen atoms in total. The third kappa shape index (κ3) is 1.66. The lowest BCUT2D eigenvalue weighted by molar-refractivity contribution is -0.136. The first-order chi connectivity index (χ1) is 7.70. The number of allylic oxidation sites excluding steroid dienone is 1. The quantitative estimate of drug-likeness (QED) is 0.679. The number of carbonyl (C=O) groups is 1. The van der Waals surface area contributed by atoms with Crippen LogP contribution in [0.2, 0.25) is 0 Å². The van der Waals surface area contributed by atoms with Crippen molar-refractivity contribution in [1.82, 2.24) is 4.90 Å². The minimum Gasteiger partial charge on any atom is -0.396 e. The molecule has 4 unspecified atom stereocenters. The summed E-state index contributed by atoms with van der Waals surface area (Å²) in [5, 5.41) is 18.8. The zero-order valence-electron chi connectivity index (χ0n) is 9.38. The van der Waals surface area contributed by atoms with Gasteiger partial charge in [0.15, 0.2) is 0 Å². The van der Waals surface area contributed by atoms with Crippen molar-refractivity contribution in [1.29, 1.82) is 0 Å². The van der Waals surface area contributed by atoms with Crippen molar-refractivity contribution in [2.24, 2.45) is 17.8 Å². The van der Waals surface area contributed by atoms with E-state index in [4.69, 9.17) is 5.11 Å². The molecule has 4 heteroatoms. The van der Waals surface area contributed by atoms with Crippen LogP contribution in [0.15, 0.2) is 12.7 Å². The Labute approximate surface area is 95.6 Å². The zero-order valence-corrected chi connectivity index (χ0v) is 9.38. The predicted molar refractivity (Wildman–Crippen MR) is 59.3 cm³/mol. The van der Waals surface area contributed by atoms with E-state index < -0.39 is 6.23 Å². The summed E-state index contributed by atoms with van der Waals surface area (Å²) in [5.41, 5.74) is 0. The number of nitrogens with zero attached hydrogens (tertiary/aromatic N) is 1. The summed E-state index contributed by atoms with van der Waals surface area (Å²) < 4.78 is 0. The van der Waals surface area contributed by atoms with Gasteiger partial charge in [-0.15, -0.1) is 6.58 Å². The number of hydrogen-bond acceptors (Lipinski definition) is 3. The molecule has 2 aliphatic rings. The van der Waals surface area contributed by atoms with Gasteiger partial charge in [-0.25, -0.2) is 0 Å². The molecule has 0 aromatic carbocycles. The number of carbonyl (C=O) groups excluding carboxylic acids is 1. The Morgan fingerprint density at radius 1 is 1.50 bits per heavy atom. The first-order valence-electron chi connectivity index (χ1n) is 5.92. The molecule has 0 radical (unpaired) electrons. The van der Waals surface area contributed by atoms with Gasteiger partial charge in [0.25, 0.3) is 0 Å². The third-order valence-electron chi connectivity index (χ3n) is 3.89. The highest BCUT2D eigenvalue weighted by Gasteiger charge is 2.52. The fraction of sp³-hybridized carbons (Fsp3) is 0.750. The van der Waals surface area contributed by atoms with E-state index in [0.29, 0.717) is 13.0 Å². The van der Waals surface area contributed by atoms with Crippen molar-refractivity contribution in [2.75, 3.05) is 13.2 Å². The molecule has 0 aromatic heterocycles. The van der Waals surface area contributed by atoms with E-state index in [-0.39, 0.29) is 30.3 Å². The Bertz CT molecular complexity index is 292. The van der Waals surface area contributed by atoms with Crippen LogP contribution in [0.5, 0.6) is 0 Å². The second-order valence-corrected chi connectivity index (χ2v) is 4.69. The van der Waals surface area contributed by atoms with Crippen molar-refractivity contribution in [3.05, 3.63) is 12.7 Å². The zero-order chi connectivity index (χ0) is 11.7. The Hall–Kier alpha value is -0.870. The Morgan fingerprint density at radius 3 is 2.88 bits per heavy atom. The Kier molecular flexibility index (Phi) is 3.30. The van der Waals surface area contributed by atoms with Gasteiger partial charge in [0.1, 0.15) is 6.23 Å². The smallest absolute Gasteiger partial charge is 0.228 e. The van der Waals surface area contributed by atoms with E-state index >= 15 is 0 Å². The lowest BCUT2D eigenvalue weighted by Crippen LogP contribution is -2.37. The molecular formula is C12H19NO3. The molecule has 0 spiro atoms. The molecular weight excluding hydrogens is 206 g/mol. The summed E-state index contributed by atoms with van der Waals surface area (Å²) in [5.74, 6) is 0.236. The Balaban J connectivity index is 2.10. The maximum atomic E-state index is 12.1. The molecule has 1 aliphatic carbocycles. The average Bonchev–Trinajstić information content (AvgIpc) is 2.80. The highest BCUT2D eigenvalue weighted by Crippen LogP contribution is 2.46. The fourth-order valence-corrected chi connectivity index (χ4v) is 3.06. The Morgan fingerprint density at radius 2 is 2.25 bits per heavy atom. The van der Waals surface area contributed by atoms with Gasteiger partial charge in [0.2, 0.25) is 5.91 Å². The number of likely N-dealkylation sites (tertiary alicyclic amines) is 1. The van der Waals surface area contributed by atoms with Gasteiger partial charge in [-0.05, 0) is 25.2 Å². The number of hydrogen-bond donors (Lipinski definition) is 2. The van der Waals surface area contributed by atoms with Gasteiger partial charge < -0.3 is 15.1 Å². The van der Waals surface area contributed by atoms with Crippen molar-refractivity contribution in [3.8, 4) is 0 Å². The SMILES string of the molecule is C=CC1CCC2C1C(=O)N(CCCO)C2O. The molecule has 2 fully saturated rings. The number of amides is 1. The summed E-state index contributed by atoms with van der Waals surface area (Å²) in [6.45, 7) is 4.26. The van der Waals surface area contributed by atoms with Crippen molar-refractivity contribution in [2.45, 2.75) is 25.5 Å². The second-order valence-electron chi connectivity index (χ2n) is 4.69. The van der Waals surface area contributed by atoms with Crippen LogP contribution < -0.4 is 0 Å². The van der Waals surface area contributed by atoms with Crippen molar-refractivity contribution < 1.29 is 15.0 Å². The fourth-order valence-electron chi connectivity index (χ4n) is 3.06. The van der Waals surface area contributed by atoms with E-state index in [1.807, 2.05) is 6.08 Å². The normalized spacial score (nSPS) is 37.9. The van der Waals surface area contributed by atoms with Crippen LogP contribution in [0.1, 0.15) is 19.3 Å². The van der Waals surface area contributed by atoms with E-state index in [0.717, 1.165) is 12.8 Å². The highest BCUT2D eigenvalue weighted by molar-refractivity contribution is 5.82. The molecule has 2 N–H and O–H groups in total.